The van der Waals surface area contributed by atoms with Gasteiger partial charge in [0.2, 0.25) is 0 Å². The van der Waals surface area contributed by atoms with Gasteiger partial charge in [-0.25, -0.2) is 9.78 Å². The molecule has 0 unspecified atom stereocenters. The summed E-state index contributed by atoms with van der Waals surface area (Å²) >= 11 is 0. The molecule has 2 aromatic carbocycles. The molecule has 0 radical (unpaired) electrons. The Labute approximate surface area is 127 Å². The molecule has 0 aliphatic rings. The monoisotopic (exact) mass is 296 g/mol. The molecule has 3 rings (SSSR count). The summed E-state index contributed by atoms with van der Waals surface area (Å²) in [6.07, 6.45) is 0.969. The molecule has 0 fully saturated rings. The average molecular weight is 296 g/mol. The molecule has 0 atom stereocenters. The fourth-order valence-electron chi connectivity index (χ4n) is 2.21. The normalized spacial score (nSPS) is 10.8. The zero-order valence-corrected chi connectivity index (χ0v) is 12.2. The lowest BCUT2D eigenvalue weighted by atomic mass is 10.2. The summed E-state index contributed by atoms with van der Waals surface area (Å²) in [5.74, 6) is 0.588. The molecule has 1 heterocycles. The van der Waals surface area contributed by atoms with Crippen LogP contribution in [0.15, 0.2) is 42.5 Å². The number of nitrogens with one attached hydrogen (secondary N) is 1. The van der Waals surface area contributed by atoms with E-state index in [4.69, 9.17) is 9.84 Å². The van der Waals surface area contributed by atoms with Gasteiger partial charge in [-0.15, -0.1) is 0 Å². The highest BCUT2D eigenvalue weighted by Gasteiger charge is 2.09. The second-order valence-electron chi connectivity index (χ2n) is 5.00. The Hall–Kier alpha value is -2.82. The van der Waals surface area contributed by atoms with E-state index in [1.54, 1.807) is 18.2 Å². The SMILES string of the molecule is CCCOc1ccc(-c2nc3ccc(C(=O)O)cc3[nH]2)cc1. The predicted octanol–water partition coefficient (Wildman–Crippen LogP) is 3.72. The number of carboxylic acids is 1. The van der Waals surface area contributed by atoms with E-state index in [-0.39, 0.29) is 5.56 Å². The van der Waals surface area contributed by atoms with Crippen LogP contribution in [0.25, 0.3) is 22.4 Å². The Balaban J connectivity index is 1.91. The minimum Gasteiger partial charge on any atom is -0.494 e. The van der Waals surface area contributed by atoms with Gasteiger partial charge in [-0.2, -0.15) is 0 Å². The molecule has 0 bridgehead atoms. The Morgan fingerprint density at radius 3 is 2.68 bits per heavy atom. The Morgan fingerprint density at radius 2 is 2.00 bits per heavy atom. The van der Waals surface area contributed by atoms with Crippen molar-refractivity contribution < 1.29 is 14.6 Å². The van der Waals surface area contributed by atoms with E-state index in [1.165, 1.54) is 0 Å². The third-order valence-electron chi connectivity index (χ3n) is 3.33. The summed E-state index contributed by atoms with van der Waals surface area (Å²) in [6, 6.07) is 12.5. The number of aromatic amines is 1. The summed E-state index contributed by atoms with van der Waals surface area (Å²) in [4.78, 5) is 18.6. The number of hydrogen-bond acceptors (Lipinski definition) is 3. The summed E-state index contributed by atoms with van der Waals surface area (Å²) in [5.41, 5.74) is 2.62. The van der Waals surface area contributed by atoms with Crippen LogP contribution in [0.3, 0.4) is 0 Å². The van der Waals surface area contributed by atoms with Crippen LogP contribution < -0.4 is 4.74 Å². The van der Waals surface area contributed by atoms with Crippen molar-refractivity contribution in [3.8, 4) is 17.1 Å². The molecule has 0 saturated heterocycles. The molecule has 0 amide bonds. The molecule has 112 valence electrons. The molecule has 0 aliphatic heterocycles. The molecule has 0 aliphatic carbocycles. The highest BCUT2D eigenvalue weighted by Crippen LogP contribution is 2.23. The van der Waals surface area contributed by atoms with Crippen molar-refractivity contribution >= 4 is 17.0 Å². The van der Waals surface area contributed by atoms with Crippen LogP contribution in [0, 0.1) is 0 Å². The summed E-state index contributed by atoms with van der Waals surface area (Å²) in [7, 11) is 0. The minimum atomic E-state index is -0.949. The van der Waals surface area contributed by atoms with Gasteiger partial charge < -0.3 is 14.8 Å². The van der Waals surface area contributed by atoms with Gasteiger partial charge >= 0.3 is 5.97 Å². The number of carbonyl (C=O) groups is 1. The van der Waals surface area contributed by atoms with Crippen molar-refractivity contribution in [3.63, 3.8) is 0 Å². The minimum absolute atomic E-state index is 0.242. The van der Waals surface area contributed by atoms with Crippen LogP contribution in [0.4, 0.5) is 0 Å². The summed E-state index contributed by atoms with van der Waals surface area (Å²) in [5, 5.41) is 9.02. The van der Waals surface area contributed by atoms with E-state index in [0.717, 1.165) is 23.3 Å². The molecule has 0 spiro atoms. The maximum absolute atomic E-state index is 11.0. The van der Waals surface area contributed by atoms with Crippen molar-refractivity contribution in [1.82, 2.24) is 9.97 Å². The van der Waals surface area contributed by atoms with Crippen LogP contribution in [0.2, 0.25) is 0 Å². The van der Waals surface area contributed by atoms with Crippen LogP contribution in [0.1, 0.15) is 23.7 Å². The maximum Gasteiger partial charge on any atom is 0.335 e. The van der Waals surface area contributed by atoms with Crippen molar-refractivity contribution in [1.29, 1.82) is 0 Å². The first-order chi connectivity index (χ1) is 10.7. The molecule has 3 aromatic rings. The van der Waals surface area contributed by atoms with Gasteiger partial charge in [0.05, 0.1) is 23.2 Å². The van der Waals surface area contributed by atoms with Gasteiger partial charge in [-0.1, -0.05) is 6.92 Å². The van der Waals surface area contributed by atoms with Gasteiger partial charge in [0.25, 0.3) is 0 Å². The molecular weight excluding hydrogens is 280 g/mol. The van der Waals surface area contributed by atoms with Crippen LogP contribution in [-0.4, -0.2) is 27.7 Å². The Morgan fingerprint density at radius 1 is 1.23 bits per heavy atom. The van der Waals surface area contributed by atoms with Crippen LogP contribution in [-0.2, 0) is 0 Å². The number of imidazole rings is 1. The zero-order chi connectivity index (χ0) is 15.5. The van der Waals surface area contributed by atoms with Gasteiger partial charge in [0, 0.05) is 5.56 Å². The van der Waals surface area contributed by atoms with E-state index in [0.29, 0.717) is 17.9 Å². The number of rotatable bonds is 5. The molecule has 0 saturated carbocycles. The highest BCUT2D eigenvalue weighted by atomic mass is 16.5. The number of aromatic carboxylic acids is 1. The quantitative estimate of drug-likeness (QED) is 0.752. The number of aromatic nitrogens is 2. The van der Waals surface area contributed by atoms with Crippen LogP contribution >= 0.6 is 0 Å². The molecule has 1 aromatic heterocycles. The summed E-state index contributed by atoms with van der Waals surface area (Å²) < 4.78 is 5.55. The second-order valence-corrected chi connectivity index (χ2v) is 5.00. The standard InChI is InChI=1S/C17H16N2O3/c1-2-9-22-13-6-3-11(4-7-13)16-18-14-8-5-12(17(20)21)10-15(14)19-16/h3-8,10H,2,9H2,1H3,(H,18,19)(H,20,21). The van der Waals surface area contributed by atoms with Gasteiger partial charge in [0.15, 0.2) is 0 Å². The molecule has 22 heavy (non-hydrogen) atoms. The average Bonchev–Trinajstić information content (AvgIpc) is 2.96. The highest BCUT2D eigenvalue weighted by molar-refractivity contribution is 5.93. The van der Waals surface area contributed by atoms with E-state index in [1.807, 2.05) is 24.3 Å². The number of fused-ring (bicyclic) bond motifs is 1. The predicted molar refractivity (Wildman–Crippen MR) is 84.3 cm³/mol. The Bertz CT molecular complexity index is 806. The maximum atomic E-state index is 11.0. The third-order valence-corrected chi connectivity index (χ3v) is 3.33. The second kappa shape index (κ2) is 5.89. The van der Waals surface area contributed by atoms with E-state index in [9.17, 15) is 4.79 Å². The fourth-order valence-corrected chi connectivity index (χ4v) is 2.21. The molecule has 2 N–H and O–H groups in total. The van der Waals surface area contributed by atoms with E-state index < -0.39 is 5.97 Å². The zero-order valence-electron chi connectivity index (χ0n) is 12.2. The summed E-state index contributed by atoms with van der Waals surface area (Å²) in [6.45, 7) is 2.76. The topological polar surface area (TPSA) is 75.2 Å². The fraction of sp³-hybridized carbons (Fsp3) is 0.176. The largest absolute Gasteiger partial charge is 0.494 e. The van der Waals surface area contributed by atoms with Crippen LogP contribution in [0.5, 0.6) is 5.75 Å². The number of H-pyrrole nitrogens is 1. The lowest BCUT2D eigenvalue weighted by Crippen LogP contribution is -1.94. The molecule has 5 nitrogen and oxygen atoms in total. The van der Waals surface area contributed by atoms with Gasteiger partial charge in [0.1, 0.15) is 11.6 Å². The number of benzene rings is 2. The van der Waals surface area contributed by atoms with Crippen molar-refractivity contribution in [3.05, 3.63) is 48.0 Å². The van der Waals surface area contributed by atoms with Gasteiger partial charge in [-0.3, -0.25) is 0 Å². The molecular formula is C17H16N2O3. The Kier molecular flexibility index (Phi) is 3.78. The molecule has 5 heteroatoms. The lowest BCUT2D eigenvalue weighted by molar-refractivity contribution is 0.0697. The number of hydrogen-bond donors (Lipinski definition) is 2. The first kappa shape index (κ1) is 14.1. The van der Waals surface area contributed by atoms with Crippen molar-refractivity contribution in [2.45, 2.75) is 13.3 Å². The smallest absolute Gasteiger partial charge is 0.335 e. The van der Waals surface area contributed by atoms with E-state index in [2.05, 4.69) is 16.9 Å². The number of nitrogens with zero attached hydrogens (tertiary/aromatic N) is 1. The first-order valence-electron chi connectivity index (χ1n) is 7.13. The number of ether oxygens (including phenoxy) is 1. The van der Waals surface area contributed by atoms with E-state index >= 15 is 0 Å². The lowest BCUT2D eigenvalue weighted by Gasteiger charge is -2.04. The van der Waals surface area contributed by atoms with Gasteiger partial charge in [-0.05, 0) is 48.9 Å². The number of carboxylic acid groups (broad SMARTS) is 1. The van der Waals surface area contributed by atoms with Crippen molar-refractivity contribution in [2.24, 2.45) is 0 Å². The first-order valence-corrected chi connectivity index (χ1v) is 7.13. The third kappa shape index (κ3) is 2.79. The van der Waals surface area contributed by atoms with Crippen molar-refractivity contribution in [2.75, 3.05) is 6.61 Å².